The molecule has 20 heavy (non-hydrogen) atoms. The average Bonchev–Trinajstić information content (AvgIpc) is 2.33. The maximum Gasteiger partial charge on any atom is 0.238 e. The van der Waals surface area contributed by atoms with E-state index in [4.69, 9.17) is 23.2 Å². The molecule has 5 nitrogen and oxygen atoms in total. The standard InChI is InChI=1S/C13H17Cl2N3O2/c1-17(2)13(20)8-18(3)7-12(19)16-11-6-9(14)4-5-10(11)15/h4-6H,7-8H2,1-3H3,(H,16,19). The molecule has 0 saturated heterocycles. The number of carbonyl (C=O) groups excluding carboxylic acids is 2. The summed E-state index contributed by atoms with van der Waals surface area (Å²) in [6.07, 6.45) is 0. The highest BCUT2D eigenvalue weighted by Crippen LogP contribution is 2.25. The number of nitrogens with zero attached hydrogens (tertiary/aromatic N) is 2. The normalized spacial score (nSPS) is 10.5. The molecule has 0 spiro atoms. The Morgan fingerprint density at radius 2 is 1.80 bits per heavy atom. The van der Waals surface area contributed by atoms with Crippen molar-refractivity contribution in [3.05, 3.63) is 28.2 Å². The zero-order valence-electron chi connectivity index (χ0n) is 11.6. The van der Waals surface area contributed by atoms with Crippen LogP contribution in [-0.4, -0.2) is 55.8 Å². The molecule has 0 aliphatic heterocycles. The quantitative estimate of drug-likeness (QED) is 0.903. The number of anilines is 1. The topological polar surface area (TPSA) is 52.7 Å². The van der Waals surface area contributed by atoms with Gasteiger partial charge in [0.25, 0.3) is 0 Å². The van der Waals surface area contributed by atoms with E-state index in [9.17, 15) is 9.59 Å². The van der Waals surface area contributed by atoms with Crippen molar-refractivity contribution in [2.45, 2.75) is 0 Å². The number of hydrogen-bond donors (Lipinski definition) is 1. The van der Waals surface area contributed by atoms with Crippen LogP contribution in [0.1, 0.15) is 0 Å². The van der Waals surface area contributed by atoms with Gasteiger partial charge in [0.15, 0.2) is 0 Å². The van der Waals surface area contributed by atoms with Crippen LogP contribution in [0.15, 0.2) is 18.2 Å². The van der Waals surface area contributed by atoms with Crippen molar-refractivity contribution in [3.8, 4) is 0 Å². The van der Waals surface area contributed by atoms with Crippen molar-refractivity contribution in [1.82, 2.24) is 9.80 Å². The van der Waals surface area contributed by atoms with Gasteiger partial charge in [-0.2, -0.15) is 0 Å². The summed E-state index contributed by atoms with van der Waals surface area (Å²) >= 11 is 11.8. The van der Waals surface area contributed by atoms with E-state index in [2.05, 4.69) is 5.32 Å². The molecule has 1 N–H and O–H groups in total. The molecule has 0 bridgehead atoms. The van der Waals surface area contributed by atoms with Gasteiger partial charge in [0.2, 0.25) is 11.8 Å². The fraction of sp³-hybridized carbons (Fsp3) is 0.385. The fourth-order valence-corrected chi connectivity index (χ4v) is 1.79. The Morgan fingerprint density at radius 3 is 2.40 bits per heavy atom. The highest BCUT2D eigenvalue weighted by atomic mass is 35.5. The summed E-state index contributed by atoms with van der Waals surface area (Å²) in [6, 6.07) is 4.83. The van der Waals surface area contributed by atoms with E-state index in [1.165, 1.54) is 4.90 Å². The van der Waals surface area contributed by atoms with Crippen molar-refractivity contribution < 1.29 is 9.59 Å². The lowest BCUT2D eigenvalue weighted by Crippen LogP contribution is -2.38. The highest BCUT2D eigenvalue weighted by Gasteiger charge is 2.13. The predicted octanol–water partition coefficient (Wildman–Crippen LogP) is 1.95. The summed E-state index contributed by atoms with van der Waals surface area (Å²) in [4.78, 5) is 26.5. The van der Waals surface area contributed by atoms with E-state index < -0.39 is 0 Å². The third-order valence-corrected chi connectivity index (χ3v) is 3.08. The van der Waals surface area contributed by atoms with E-state index in [1.807, 2.05) is 0 Å². The van der Waals surface area contributed by atoms with E-state index in [1.54, 1.807) is 44.2 Å². The number of nitrogens with one attached hydrogen (secondary N) is 1. The molecule has 1 rings (SSSR count). The Labute approximate surface area is 128 Å². The van der Waals surface area contributed by atoms with Gasteiger partial charge >= 0.3 is 0 Å². The minimum absolute atomic E-state index is 0.0684. The van der Waals surface area contributed by atoms with Gasteiger partial charge < -0.3 is 10.2 Å². The molecule has 0 radical (unpaired) electrons. The second-order valence-corrected chi connectivity index (χ2v) is 5.48. The summed E-state index contributed by atoms with van der Waals surface area (Å²) in [5.74, 6) is -0.329. The molecule has 0 heterocycles. The summed E-state index contributed by atoms with van der Waals surface area (Å²) in [7, 11) is 5.03. The average molecular weight is 318 g/mol. The van der Waals surface area contributed by atoms with Crippen LogP contribution in [0.3, 0.4) is 0 Å². The van der Waals surface area contributed by atoms with Gasteiger partial charge in [0, 0.05) is 19.1 Å². The molecular formula is C13H17Cl2N3O2. The summed E-state index contributed by atoms with van der Waals surface area (Å²) < 4.78 is 0. The zero-order valence-corrected chi connectivity index (χ0v) is 13.1. The van der Waals surface area contributed by atoms with Gasteiger partial charge in [0.1, 0.15) is 0 Å². The second-order valence-electron chi connectivity index (χ2n) is 4.63. The lowest BCUT2D eigenvalue weighted by Gasteiger charge is -2.18. The van der Waals surface area contributed by atoms with Gasteiger partial charge in [-0.15, -0.1) is 0 Å². The molecule has 0 aliphatic rings. The van der Waals surface area contributed by atoms with Crippen LogP contribution >= 0.6 is 23.2 Å². The van der Waals surface area contributed by atoms with E-state index in [0.29, 0.717) is 15.7 Å². The van der Waals surface area contributed by atoms with Gasteiger partial charge in [-0.05, 0) is 25.2 Å². The lowest BCUT2D eigenvalue weighted by atomic mass is 10.3. The molecule has 0 atom stereocenters. The number of amides is 2. The smallest absolute Gasteiger partial charge is 0.238 e. The third-order valence-electron chi connectivity index (χ3n) is 2.52. The molecule has 1 aromatic carbocycles. The molecule has 0 unspecified atom stereocenters. The predicted molar refractivity (Wildman–Crippen MR) is 81.3 cm³/mol. The largest absolute Gasteiger partial charge is 0.348 e. The molecule has 0 aromatic heterocycles. The van der Waals surface area contributed by atoms with E-state index in [0.717, 1.165) is 0 Å². The Balaban J connectivity index is 2.55. The molecule has 0 fully saturated rings. The van der Waals surface area contributed by atoms with Gasteiger partial charge in [0.05, 0.1) is 23.8 Å². The molecule has 1 aromatic rings. The minimum Gasteiger partial charge on any atom is -0.348 e. The van der Waals surface area contributed by atoms with Crippen molar-refractivity contribution in [3.63, 3.8) is 0 Å². The molecule has 2 amide bonds. The van der Waals surface area contributed by atoms with Crippen molar-refractivity contribution in [1.29, 1.82) is 0 Å². The van der Waals surface area contributed by atoms with E-state index in [-0.39, 0.29) is 24.9 Å². The third kappa shape index (κ3) is 5.36. The van der Waals surface area contributed by atoms with Crippen LogP contribution in [-0.2, 0) is 9.59 Å². The number of rotatable bonds is 5. The van der Waals surface area contributed by atoms with Crippen LogP contribution in [0.5, 0.6) is 0 Å². The summed E-state index contributed by atoms with van der Waals surface area (Å²) in [5.41, 5.74) is 0.455. The Hall–Kier alpha value is -1.30. The molecule has 0 saturated carbocycles. The number of hydrogen-bond acceptors (Lipinski definition) is 3. The first-order valence-electron chi connectivity index (χ1n) is 5.93. The van der Waals surface area contributed by atoms with Gasteiger partial charge in [-0.25, -0.2) is 0 Å². The second kappa shape index (κ2) is 7.47. The van der Waals surface area contributed by atoms with Crippen LogP contribution in [0.4, 0.5) is 5.69 Å². The first kappa shape index (κ1) is 16.8. The Morgan fingerprint density at radius 1 is 1.15 bits per heavy atom. The lowest BCUT2D eigenvalue weighted by molar-refractivity contribution is -0.130. The van der Waals surface area contributed by atoms with Crippen molar-refractivity contribution >= 4 is 40.7 Å². The van der Waals surface area contributed by atoms with Crippen LogP contribution in [0.25, 0.3) is 0 Å². The molecule has 0 aliphatic carbocycles. The molecular weight excluding hydrogens is 301 g/mol. The maximum atomic E-state index is 11.9. The number of benzene rings is 1. The Bertz CT molecular complexity index is 506. The van der Waals surface area contributed by atoms with Crippen molar-refractivity contribution in [2.24, 2.45) is 0 Å². The monoisotopic (exact) mass is 317 g/mol. The maximum absolute atomic E-state index is 11.9. The highest BCUT2D eigenvalue weighted by molar-refractivity contribution is 6.35. The van der Waals surface area contributed by atoms with Crippen LogP contribution in [0, 0.1) is 0 Å². The summed E-state index contributed by atoms with van der Waals surface area (Å²) in [6.45, 7) is 0.256. The van der Waals surface area contributed by atoms with Crippen LogP contribution < -0.4 is 5.32 Å². The minimum atomic E-state index is -0.261. The van der Waals surface area contributed by atoms with Crippen molar-refractivity contribution in [2.75, 3.05) is 39.5 Å². The zero-order chi connectivity index (χ0) is 15.3. The number of likely N-dealkylation sites (N-methyl/N-ethyl adjacent to an activating group) is 2. The van der Waals surface area contributed by atoms with Crippen LogP contribution in [0.2, 0.25) is 10.0 Å². The van der Waals surface area contributed by atoms with Gasteiger partial charge in [-0.1, -0.05) is 23.2 Å². The molecule has 7 heteroatoms. The number of carbonyl (C=O) groups is 2. The number of halogens is 2. The fourth-order valence-electron chi connectivity index (χ4n) is 1.46. The SMILES string of the molecule is CN(CC(=O)Nc1cc(Cl)ccc1Cl)CC(=O)N(C)C. The first-order chi connectivity index (χ1) is 9.29. The first-order valence-corrected chi connectivity index (χ1v) is 6.68. The Kier molecular flexibility index (Phi) is 6.26. The molecule has 110 valence electrons. The summed E-state index contributed by atoms with van der Waals surface area (Å²) in [5, 5.41) is 3.56. The van der Waals surface area contributed by atoms with Gasteiger partial charge in [-0.3, -0.25) is 14.5 Å². The van der Waals surface area contributed by atoms with E-state index >= 15 is 0 Å².